The Bertz CT molecular complexity index is 1020. The Morgan fingerprint density at radius 2 is 1.94 bits per heavy atom. The van der Waals surface area contributed by atoms with Crippen LogP contribution in [0.1, 0.15) is 27.7 Å². The number of aromatic nitrogens is 4. The molecule has 1 aromatic carbocycles. The van der Waals surface area contributed by atoms with E-state index < -0.39 is 17.8 Å². The van der Waals surface area contributed by atoms with E-state index in [0.29, 0.717) is 18.5 Å². The van der Waals surface area contributed by atoms with Crippen molar-refractivity contribution in [3.8, 4) is 5.82 Å². The molecule has 1 aliphatic heterocycles. The molecule has 12 heteroatoms. The summed E-state index contributed by atoms with van der Waals surface area (Å²) in [5, 5.41) is 9.97. The summed E-state index contributed by atoms with van der Waals surface area (Å²) in [5.41, 5.74) is 0.721. The van der Waals surface area contributed by atoms with Gasteiger partial charge in [0.1, 0.15) is 0 Å². The van der Waals surface area contributed by atoms with Crippen LogP contribution in [0.2, 0.25) is 0 Å². The van der Waals surface area contributed by atoms with Crippen molar-refractivity contribution in [2.75, 3.05) is 25.0 Å². The van der Waals surface area contributed by atoms with Gasteiger partial charge in [0.05, 0.1) is 36.9 Å². The SMILES string of the molecule is Cl.O=C(Nc1ccc([C@H]2CNCCO2)cc1)c1cnn(-c2cnc(C(F)(F)F)cn2)c1. The lowest BCUT2D eigenvalue weighted by molar-refractivity contribution is -0.141. The van der Waals surface area contributed by atoms with Crippen molar-refractivity contribution in [1.29, 1.82) is 0 Å². The third-order valence-corrected chi connectivity index (χ3v) is 4.48. The zero-order valence-corrected chi connectivity index (χ0v) is 16.8. The molecule has 31 heavy (non-hydrogen) atoms. The number of hydrogen-bond acceptors (Lipinski definition) is 6. The number of alkyl halides is 3. The molecule has 0 spiro atoms. The molecular weight excluding hydrogens is 437 g/mol. The van der Waals surface area contributed by atoms with Crippen LogP contribution < -0.4 is 10.6 Å². The highest BCUT2D eigenvalue weighted by molar-refractivity contribution is 6.03. The highest BCUT2D eigenvalue weighted by atomic mass is 35.5. The third-order valence-electron chi connectivity index (χ3n) is 4.48. The molecule has 8 nitrogen and oxygen atoms in total. The number of amides is 1. The van der Waals surface area contributed by atoms with Crippen molar-refractivity contribution >= 4 is 24.0 Å². The number of ether oxygens (including phenoxy) is 1. The number of carbonyl (C=O) groups is 1. The molecule has 1 fully saturated rings. The molecule has 0 bridgehead atoms. The first kappa shape index (κ1) is 22.7. The van der Waals surface area contributed by atoms with Gasteiger partial charge in [-0.05, 0) is 17.7 Å². The van der Waals surface area contributed by atoms with Crippen LogP contribution >= 0.6 is 12.4 Å². The van der Waals surface area contributed by atoms with Crippen LogP contribution in [0.25, 0.3) is 5.82 Å². The minimum atomic E-state index is -4.57. The quantitative estimate of drug-likeness (QED) is 0.629. The molecule has 164 valence electrons. The Morgan fingerprint density at radius 3 is 2.55 bits per heavy atom. The van der Waals surface area contributed by atoms with E-state index in [2.05, 4.69) is 25.7 Å². The van der Waals surface area contributed by atoms with Gasteiger partial charge >= 0.3 is 6.18 Å². The van der Waals surface area contributed by atoms with E-state index in [1.54, 1.807) is 12.1 Å². The lowest BCUT2D eigenvalue weighted by Gasteiger charge is -2.24. The monoisotopic (exact) mass is 454 g/mol. The fourth-order valence-corrected chi connectivity index (χ4v) is 2.92. The zero-order valence-electron chi connectivity index (χ0n) is 16.0. The maximum atomic E-state index is 12.6. The van der Waals surface area contributed by atoms with Crippen LogP contribution in [0, 0.1) is 0 Å². The van der Waals surface area contributed by atoms with Gasteiger partial charge in [-0.3, -0.25) is 4.79 Å². The Balaban J connectivity index is 0.00000272. The molecule has 0 saturated carbocycles. The summed E-state index contributed by atoms with van der Waals surface area (Å²) < 4.78 is 44.6. The van der Waals surface area contributed by atoms with Gasteiger partial charge < -0.3 is 15.4 Å². The van der Waals surface area contributed by atoms with Crippen LogP contribution in [0.3, 0.4) is 0 Å². The topological polar surface area (TPSA) is 94.0 Å². The molecule has 1 amide bonds. The van der Waals surface area contributed by atoms with Gasteiger partial charge in [0.25, 0.3) is 5.91 Å². The lowest BCUT2D eigenvalue weighted by Crippen LogP contribution is -2.33. The fourth-order valence-electron chi connectivity index (χ4n) is 2.92. The average molecular weight is 455 g/mol. The van der Waals surface area contributed by atoms with E-state index in [1.807, 2.05) is 12.1 Å². The van der Waals surface area contributed by atoms with E-state index >= 15 is 0 Å². The second kappa shape index (κ2) is 9.41. The van der Waals surface area contributed by atoms with Crippen LogP contribution in [-0.4, -0.2) is 45.4 Å². The first-order chi connectivity index (χ1) is 14.4. The molecule has 1 saturated heterocycles. The van der Waals surface area contributed by atoms with E-state index in [0.717, 1.165) is 24.8 Å². The van der Waals surface area contributed by atoms with Crippen LogP contribution in [0.4, 0.5) is 18.9 Å². The minimum Gasteiger partial charge on any atom is -0.371 e. The molecule has 3 aromatic rings. The summed E-state index contributed by atoms with van der Waals surface area (Å²) >= 11 is 0. The van der Waals surface area contributed by atoms with Crippen molar-refractivity contribution in [1.82, 2.24) is 25.1 Å². The maximum Gasteiger partial charge on any atom is 0.434 e. The highest BCUT2D eigenvalue weighted by Crippen LogP contribution is 2.26. The number of carbonyl (C=O) groups excluding carboxylic acids is 1. The Labute approximate surface area is 181 Å². The minimum absolute atomic E-state index is 0. The van der Waals surface area contributed by atoms with Crippen molar-refractivity contribution in [2.24, 2.45) is 0 Å². The maximum absolute atomic E-state index is 12.6. The lowest BCUT2D eigenvalue weighted by atomic mass is 10.1. The summed E-state index contributed by atoms with van der Waals surface area (Å²) in [7, 11) is 0. The molecule has 0 unspecified atom stereocenters. The summed E-state index contributed by atoms with van der Waals surface area (Å²) in [4.78, 5) is 19.5. The average Bonchev–Trinajstić information content (AvgIpc) is 3.25. The van der Waals surface area contributed by atoms with E-state index in [1.165, 1.54) is 17.1 Å². The van der Waals surface area contributed by atoms with E-state index in [-0.39, 0.29) is 29.9 Å². The number of nitrogens with zero attached hydrogens (tertiary/aromatic N) is 4. The first-order valence-electron chi connectivity index (χ1n) is 9.08. The van der Waals surface area contributed by atoms with E-state index in [9.17, 15) is 18.0 Å². The van der Waals surface area contributed by atoms with Crippen LogP contribution in [0.15, 0.2) is 49.1 Å². The molecule has 0 radical (unpaired) electrons. The van der Waals surface area contributed by atoms with Gasteiger partial charge in [0.2, 0.25) is 0 Å². The van der Waals surface area contributed by atoms with Crippen molar-refractivity contribution in [3.05, 3.63) is 65.9 Å². The molecular formula is C19H18ClF3N6O2. The van der Waals surface area contributed by atoms with Crippen LogP contribution in [0.5, 0.6) is 0 Å². The number of anilines is 1. The number of benzene rings is 1. The smallest absolute Gasteiger partial charge is 0.371 e. The zero-order chi connectivity index (χ0) is 21.1. The van der Waals surface area contributed by atoms with Gasteiger partial charge in [-0.15, -0.1) is 12.4 Å². The predicted molar refractivity (Wildman–Crippen MR) is 107 cm³/mol. The number of morpholine rings is 1. The van der Waals surface area contributed by atoms with Gasteiger partial charge in [0, 0.05) is 25.0 Å². The van der Waals surface area contributed by atoms with E-state index in [4.69, 9.17) is 4.74 Å². The highest BCUT2D eigenvalue weighted by Gasteiger charge is 2.32. The molecule has 1 atom stereocenters. The Morgan fingerprint density at radius 1 is 1.16 bits per heavy atom. The Kier molecular flexibility index (Phi) is 6.88. The number of hydrogen-bond donors (Lipinski definition) is 2. The number of halogens is 4. The third kappa shape index (κ3) is 5.37. The second-order valence-corrected chi connectivity index (χ2v) is 6.57. The van der Waals surface area contributed by atoms with Gasteiger partial charge in [-0.1, -0.05) is 12.1 Å². The van der Waals surface area contributed by atoms with Gasteiger partial charge in [-0.25, -0.2) is 14.6 Å². The van der Waals surface area contributed by atoms with Crippen molar-refractivity contribution in [2.45, 2.75) is 12.3 Å². The standard InChI is InChI=1S/C19H17F3N6O2.ClH/c20-19(21,22)16-9-25-17(10-24-16)28-11-13(7-26-28)18(29)27-14-3-1-12(2-4-14)15-8-23-5-6-30-15;/h1-4,7,9-11,15,23H,5-6,8H2,(H,27,29);1H/t15-;/m1./s1. The van der Waals surface area contributed by atoms with Gasteiger partial charge in [-0.2, -0.15) is 18.3 Å². The second-order valence-electron chi connectivity index (χ2n) is 6.57. The molecule has 3 heterocycles. The fraction of sp³-hybridized carbons (Fsp3) is 0.263. The largest absolute Gasteiger partial charge is 0.434 e. The number of nitrogens with one attached hydrogen (secondary N) is 2. The Hall–Kier alpha value is -3.02. The van der Waals surface area contributed by atoms with Gasteiger partial charge in [0.15, 0.2) is 11.5 Å². The summed E-state index contributed by atoms with van der Waals surface area (Å²) in [5.74, 6) is -0.350. The van der Waals surface area contributed by atoms with Crippen molar-refractivity contribution < 1.29 is 22.7 Å². The summed E-state index contributed by atoms with van der Waals surface area (Å²) in [6.45, 7) is 2.21. The van der Waals surface area contributed by atoms with Crippen LogP contribution in [-0.2, 0) is 10.9 Å². The summed E-state index contributed by atoms with van der Waals surface area (Å²) in [6, 6.07) is 7.32. The molecule has 1 aliphatic rings. The first-order valence-corrected chi connectivity index (χ1v) is 9.08. The van der Waals surface area contributed by atoms with Crippen molar-refractivity contribution in [3.63, 3.8) is 0 Å². The normalized spacial score (nSPS) is 16.4. The molecule has 4 rings (SSSR count). The molecule has 2 aromatic heterocycles. The molecule has 0 aliphatic carbocycles. The molecule has 2 N–H and O–H groups in total. The predicted octanol–water partition coefficient (Wildman–Crippen LogP) is 3.02. The summed E-state index contributed by atoms with van der Waals surface area (Å²) in [6.07, 6.45) is -0.378. The number of rotatable bonds is 4.